The molecule has 0 bridgehead atoms. The standard InChI is InChI=1S/C19H23N5S2.HI/c1-13(2)16-12-25-17(24-16)10-22-19(20-3)21-9-15-11-26-18(23-15)14-7-5-4-6-8-14;/h4-8,11-13H,9-10H2,1-3H3,(H2,20,21,22);1H. The Morgan fingerprint density at radius 2 is 1.78 bits per heavy atom. The summed E-state index contributed by atoms with van der Waals surface area (Å²) in [6.45, 7) is 5.62. The normalized spacial score (nSPS) is 11.3. The molecule has 0 amide bonds. The molecule has 8 heteroatoms. The minimum absolute atomic E-state index is 0. The van der Waals surface area contributed by atoms with E-state index in [0.717, 1.165) is 32.9 Å². The van der Waals surface area contributed by atoms with Crippen LogP contribution in [-0.2, 0) is 13.1 Å². The topological polar surface area (TPSA) is 62.2 Å². The number of aliphatic imine (C=N–C) groups is 1. The molecule has 0 saturated carbocycles. The predicted molar refractivity (Wildman–Crippen MR) is 126 cm³/mol. The highest BCUT2D eigenvalue weighted by Gasteiger charge is 2.08. The maximum atomic E-state index is 4.69. The van der Waals surface area contributed by atoms with Crippen LogP contribution in [0.25, 0.3) is 10.6 Å². The van der Waals surface area contributed by atoms with Gasteiger partial charge in [0.1, 0.15) is 10.0 Å². The van der Waals surface area contributed by atoms with Gasteiger partial charge in [0.25, 0.3) is 0 Å². The lowest BCUT2D eigenvalue weighted by atomic mass is 10.2. The molecule has 3 aromatic rings. The van der Waals surface area contributed by atoms with Crippen molar-refractivity contribution in [2.45, 2.75) is 32.9 Å². The summed E-state index contributed by atoms with van der Waals surface area (Å²) >= 11 is 3.34. The van der Waals surface area contributed by atoms with Gasteiger partial charge in [-0.15, -0.1) is 46.7 Å². The number of nitrogens with one attached hydrogen (secondary N) is 2. The third-order valence-corrected chi connectivity index (χ3v) is 5.61. The van der Waals surface area contributed by atoms with Gasteiger partial charge >= 0.3 is 0 Å². The maximum absolute atomic E-state index is 4.69. The lowest BCUT2D eigenvalue weighted by Crippen LogP contribution is -2.36. The second-order valence-electron chi connectivity index (χ2n) is 6.11. The fourth-order valence-electron chi connectivity index (χ4n) is 2.33. The molecule has 0 aliphatic heterocycles. The van der Waals surface area contributed by atoms with Gasteiger partial charge in [0.2, 0.25) is 0 Å². The summed E-state index contributed by atoms with van der Waals surface area (Å²) in [6.07, 6.45) is 0. The van der Waals surface area contributed by atoms with E-state index in [1.807, 2.05) is 18.2 Å². The van der Waals surface area contributed by atoms with Crippen molar-refractivity contribution in [1.82, 2.24) is 20.6 Å². The molecular formula is C19H24IN5S2. The average Bonchev–Trinajstić information content (AvgIpc) is 3.32. The van der Waals surface area contributed by atoms with Crippen molar-refractivity contribution in [3.63, 3.8) is 0 Å². The fourth-order valence-corrected chi connectivity index (χ4v) is 4.05. The molecule has 0 atom stereocenters. The molecule has 144 valence electrons. The molecule has 2 aromatic heterocycles. The number of thiazole rings is 2. The van der Waals surface area contributed by atoms with Gasteiger partial charge in [-0.2, -0.15) is 0 Å². The van der Waals surface area contributed by atoms with Crippen LogP contribution in [0.4, 0.5) is 0 Å². The number of guanidine groups is 1. The van der Waals surface area contributed by atoms with Gasteiger partial charge in [0.15, 0.2) is 5.96 Å². The van der Waals surface area contributed by atoms with E-state index in [4.69, 9.17) is 4.98 Å². The van der Waals surface area contributed by atoms with Crippen LogP contribution in [0, 0.1) is 0 Å². The van der Waals surface area contributed by atoms with E-state index in [1.54, 1.807) is 29.7 Å². The van der Waals surface area contributed by atoms with E-state index < -0.39 is 0 Å². The van der Waals surface area contributed by atoms with Crippen LogP contribution in [0.5, 0.6) is 0 Å². The van der Waals surface area contributed by atoms with E-state index in [0.29, 0.717) is 19.0 Å². The summed E-state index contributed by atoms with van der Waals surface area (Å²) in [5, 5.41) is 12.9. The van der Waals surface area contributed by atoms with Gasteiger partial charge in [0.05, 0.1) is 24.5 Å². The van der Waals surface area contributed by atoms with Crippen LogP contribution in [0.3, 0.4) is 0 Å². The van der Waals surface area contributed by atoms with Gasteiger partial charge in [-0.05, 0) is 5.92 Å². The van der Waals surface area contributed by atoms with Crippen molar-refractivity contribution in [3.8, 4) is 10.6 Å². The number of hydrogen-bond acceptors (Lipinski definition) is 5. The Morgan fingerprint density at radius 3 is 2.44 bits per heavy atom. The number of nitrogens with zero attached hydrogens (tertiary/aromatic N) is 3. The third kappa shape index (κ3) is 6.25. The van der Waals surface area contributed by atoms with Gasteiger partial charge in [0, 0.05) is 23.4 Å². The first kappa shape index (κ1) is 21.8. The van der Waals surface area contributed by atoms with Crippen molar-refractivity contribution in [1.29, 1.82) is 0 Å². The van der Waals surface area contributed by atoms with Crippen LogP contribution < -0.4 is 10.6 Å². The molecule has 5 nitrogen and oxygen atoms in total. The first-order valence-electron chi connectivity index (χ1n) is 8.54. The zero-order chi connectivity index (χ0) is 18.4. The highest BCUT2D eigenvalue weighted by atomic mass is 127. The zero-order valence-electron chi connectivity index (χ0n) is 15.6. The second kappa shape index (κ2) is 10.7. The Morgan fingerprint density at radius 1 is 1.04 bits per heavy atom. The third-order valence-electron chi connectivity index (χ3n) is 3.80. The van der Waals surface area contributed by atoms with E-state index >= 15 is 0 Å². The Labute approximate surface area is 185 Å². The lowest BCUT2D eigenvalue weighted by molar-refractivity contribution is 0.780. The molecule has 0 aliphatic rings. The molecule has 0 fully saturated rings. The quantitative estimate of drug-likeness (QED) is 0.281. The molecule has 0 radical (unpaired) electrons. The van der Waals surface area contributed by atoms with Crippen LogP contribution in [0.15, 0.2) is 46.1 Å². The first-order chi connectivity index (χ1) is 12.7. The van der Waals surface area contributed by atoms with Crippen molar-refractivity contribution in [2.24, 2.45) is 4.99 Å². The smallest absolute Gasteiger partial charge is 0.191 e. The number of halogens is 1. The molecule has 0 spiro atoms. The van der Waals surface area contributed by atoms with Gasteiger partial charge in [-0.25, -0.2) is 9.97 Å². The van der Waals surface area contributed by atoms with E-state index in [2.05, 4.69) is 57.4 Å². The monoisotopic (exact) mass is 513 g/mol. The van der Waals surface area contributed by atoms with Crippen LogP contribution >= 0.6 is 46.7 Å². The Kier molecular flexibility index (Phi) is 8.65. The molecule has 0 saturated heterocycles. The summed E-state index contributed by atoms with van der Waals surface area (Å²) in [4.78, 5) is 13.6. The molecule has 2 N–H and O–H groups in total. The van der Waals surface area contributed by atoms with E-state index in [-0.39, 0.29) is 24.0 Å². The molecule has 2 heterocycles. The minimum Gasteiger partial charge on any atom is -0.351 e. The van der Waals surface area contributed by atoms with Crippen molar-refractivity contribution in [2.75, 3.05) is 7.05 Å². The van der Waals surface area contributed by atoms with Crippen LogP contribution in [-0.4, -0.2) is 23.0 Å². The molecule has 0 unspecified atom stereocenters. The van der Waals surface area contributed by atoms with Crippen molar-refractivity contribution < 1.29 is 0 Å². The van der Waals surface area contributed by atoms with E-state index in [1.165, 1.54) is 0 Å². The minimum atomic E-state index is 0. The Bertz CT molecular complexity index is 858. The van der Waals surface area contributed by atoms with Gasteiger partial charge in [-0.3, -0.25) is 4.99 Å². The highest BCUT2D eigenvalue weighted by molar-refractivity contribution is 14.0. The Hall–Kier alpha value is -1.52. The molecule has 0 aliphatic carbocycles. The largest absolute Gasteiger partial charge is 0.351 e. The summed E-state index contributed by atoms with van der Waals surface area (Å²) in [7, 11) is 1.77. The number of hydrogen-bond donors (Lipinski definition) is 2. The number of benzene rings is 1. The highest BCUT2D eigenvalue weighted by Crippen LogP contribution is 2.23. The molecule has 3 rings (SSSR count). The van der Waals surface area contributed by atoms with E-state index in [9.17, 15) is 0 Å². The van der Waals surface area contributed by atoms with Crippen molar-refractivity contribution in [3.05, 3.63) is 57.5 Å². The summed E-state index contributed by atoms with van der Waals surface area (Å²) in [5.41, 5.74) is 3.30. The number of aromatic nitrogens is 2. The lowest BCUT2D eigenvalue weighted by Gasteiger charge is -2.09. The molecule has 27 heavy (non-hydrogen) atoms. The summed E-state index contributed by atoms with van der Waals surface area (Å²) in [6, 6.07) is 10.2. The van der Waals surface area contributed by atoms with Crippen LogP contribution in [0.2, 0.25) is 0 Å². The van der Waals surface area contributed by atoms with Crippen LogP contribution in [0.1, 0.15) is 36.2 Å². The van der Waals surface area contributed by atoms with Gasteiger partial charge in [-0.1, -0.05) is 44.2 Å². The summed E-state index contributed by atoms with van der Waals surface area (Å²) < 4.78 is 0. The Balaban J connectivity index is 0.00000261. The average molecular weight is 513 g/mol. The maximum Gasteiger partial charge on any atom is 0.191 e. The van der Waals surface area contributed by atoms with Gasteiger partial charge < -0.3 is 10.6 Å². The predicted octanol–water partition coefficient (Wildman–Crippen LogP) is 4.87. The molecular weight excluding hydrogens is 489 g/mol. The number of rotatable bonds is 6. The fraction of sp³-hybridized carbons (Fsp3) is 0.316. The molecule has 1 aromatic carbocycles. The van der Waals surface area contributed by atoms with Crippen molar-refractivity contribution >= 4 is 52.6 Å². The zero-order valence-corrected chi connectivity index (χ0v) is 19.6. The SMILES string of the molecule is CN=C(NCc1csc(-c2ccccc2)n1)NCc1nc(C(C)C)cs1.I. The first-order valence-corrected chi connectivity index (χ1v) is 10.3. The second-order valence-corrected chi connectivity index (χ2v) is 7.91. The summed E-state index contributed by atoms with van der Waals surface area (Å²) in [5.74, 6) is 1.21.